The summed E-state index contributed by atoms with van der Waals surface area (Å²) in [5, 5.41) is 6.20. The number of rotatable bonds is 5. The van der Waals surface area contributed by atoms with E-state index in [0.29, 0.717) is 27.1 Å². The third-order valence-electron chi connectivity index (χ3n) is 5.63. The fraction of sp³-hybridized carbons (Fsp3) is 0.174. The smallest absolute Gasteiger partial charge is 0.264 e. The van der Waals surface area contributed by atoms with E-state index in [1.165, 1.54) is 12.3 Å². The van der Waals surface area contributed by atoms with Gasteiger partial charge in [-0.15, -0.1) is 0 Å². The van der Waals surface area contributed by atoms with Crippen LogP contribution in [0.15, 0.2) is 47.0 Å². The quantitative estimate of drug-likeness (QED) is 0.514. The van der Waals surface area contributed by atoms with Crippen LogP contribution < -0.4 is 10.6 Å². The van der Waals surface area contributed by atoms with Crippen molar-refractivity contribution in [2.24, 2.45) is 0 Å². The van der Waals surface area contributed by atoms with E-state index in [-0.39, 0.29) is 36.4 Å². The Morgan fingerprint density at radius 2 is 1.91 bits per heavy atom. The van der Waals surface area contributed by atoms with E-state index in [4.69, 9.17) is 27.6 Å². The summed E-state index contributed by atoms with van der Waals surface area (Å²) in [7, 11) is 0. The molecule has 1 atom stereocenters. The molecule has 172 valence electrons. The van der Waals surface area contributed by atoms with E-state index >= 15 is 0 Å². The predicted molar refractivity (Wildman–Crippen MR) is 122 cm³/mol. The summed E-state index contributed by atoms with van der Waals surface area (Å²) in [6.07, 6.45) is 1.66. The van der Waals surface area contributed by atoms with Crippen molar-refractivity contribution in [2.75, 3.05) is 5.32 Å². The van der Waals surface area contributed by atoms with Crippen LogP contribution in [0.1, 0.15) is 39.3 Å². The molecule has 1 fully saturated rings. The lowest BCUT2D eigenvalue weighted by Gasteiger charge is -2.27. The topological polar surface area (TPSA) is 122 Å². The van der Waals surface area contributed by atoms with Crippen LogP contribution in [-0.4, -0.2) is 39.6 Å². The van der Waals surface area contributed by atoms with Crippen LogP contribution in [0.25, 0.3) is 11.5 Å². The average molecular weight is 499 g/mol. The maximum Gasteiger partial charge on any atom is 0.264 e. The van der Waals surface area contributed by atoms with Gasteiger partial charge in [-0.3, -0.25) is 29.4 Å². The van der Waals surface area contributed by atoms with Crippen molar-refractivity contribution in [1.82, 2.24) is 15.2 Å². The second-order valence-electron chi connectivity index (χ2n) is 7.78. The van der Waals surface area contributed by atoms with E-state index in [0.717, 1.165) is 4.90 Å². The van der Waals surface area contributed by atoms with Gasteiger partial charge in [0, 0.05) is 17.1 Å². The summed E-state index contributed by atoms with van der Waals surface area (Å²) in [6.45, 7) is 0.168. The minimum Gasteiger partial charge on any atom is -0.439 e. The summed E-state index contributed by atoms with van der Waals surface area (Å²) >= 11 is 12.2. The fourth-order valence-electron chi connectivity index (χ4n) is 4.02. The number of oxazole rings is 1. The molecule has 2 aromatic carbocycles. The molecule has 0 spiro atoms. The third-order valence-corrected chi connectivity index (χ3v) is 6.20. The first-order valence-corrected chi connectivity index (χ1v) is 11.1. The number of fused-ring (bicyclic) bond motifs is 1. The Morgan fingerprint density at radius 3 is 2.71 bits per heavy atom. The van der Waals surface area contributed by atoms with Gasteiger partial charge in [-0.25, -0.2) is 4.98 Å². The zero-order valence-corrected chi connectivity index (χ0v) is 18.9. The van der Waals surface area contributed by atoms with Crippen molar-refractivity contribution in [3.05, 3.63) is 69.5 Å². The molecule has 0 bridgehead atoms. The Kier molecular flexibility index (Phi) is 5.59. The lowest BCUT2D eigenvalue weighted by molar-refractivity contribution is -0.136. The zero-order valence-electron chi connectivity index (χ0n) is 17.4. The van der Waals surface area contributed by atoms with Gasteiger partial charge in [0.1, 0.15) is 11.8 Å². The van der Waals surface area contributed by atoms with Crippen molar-refractivity contribution >= 4 is 52.5 Å². The third kappa shape index (κ3) is 3.82. The molecule has 11 heteroatoms. The van der Waals surface area contributed by atoms with E-state index in [9.17, 15) is 19.2 Å². The molecule has 2 aliphatic heterocycles. The second kappa shape index (κ2) is 8.58. The number of amides is 4. The number of carbonyl (C=O) groups is 4. The largest absolute Gasteiger partial charge is 0.439 e. The summed E-state index contributed by atoms with van der Waals surface area (Å²) < 4.78 is 5.77. The van der Waals surface area contributed by atoms with Crippen molar-refractivity contribution in [2.45, 2.75) is 25.4 Å². The Balaban J connectivity index is 1.36. The van der Waals surface area contributed by atoms with Crippen LogP contribution >= 0.6 is 23.2 Å². The zero-order chi connectivity index (χ0) is 24.0. The standard InChI is InChI=1S/C23H16Cl2N4O5/c24-11-4-5-15(25)14(8-11)21-27-10-12(34-21)9-26-16-3-1-2-13-19(16)23(33)29(22(13)32)17-6-7-18(30)28-20(17)31/h1-5,8,10,17,26H,6-7,9H2,(H,28,30,31). The summed E-state index contributed by atoms with van der Waals surface area (Å²) in [5.41, 5.74) is 1.30. The molecular formula is C23H16Cl2N4O5. The van der Waals surface area contributed by atoms with Crippen molar-refractivity contribution < 1.29 is 23.6 Å². The summed E-state index contributed by atoms with van der Waals surface area (Å²) in [5.74, 6) is -1.50. The molecule has 2 aliphatic rings. The minimum atomic E-state index is -1.03. The number of hydrogen-bond donors (Lipinski definition) is 2. The SMILES string of the molecule is O=C1CCC(N2C(=O)c3cccc(NCc4cnc(-c5cc(Cl)ccc5Cl)o4)c3C2=O)C(=O)N1. The molecule has 9 nitrogen and oxygen atoms in total. The molecule has 1 unspecified atom stereocenters. The molecule has 4 amide bonds. The number of hydrogen-bond acceptors (Lipinski definition) is 7. The number of piperidine rings is 1. The molecule has 34 heavy (non-hydrogen) atoms. The highest BCUT2D eigenvalue weighted by atomic mass is 35.5. The van der Waals surface area contributed by atoms with Gasteiger partial charge >= 0.3 is 0 Å². The van der Waals surface area contributed by atoms with Crippen LogP contribution in [0.2, 0.25) is 10.0 Å². The Bertz CT molecular complexity index is 1370. The summed E-state index contributed by atoms with van der Waals surface area (Å²) in [6, 6.07) is 8.74. The number of imide groups is 2. The number of benzene rings is 2. The first-order chi connectivity index (χ1) is 16.3. The van der Waals surface area contributed by atoms with E-state index in [2.05, 4.69) is 15.6 Å². The molecule has 2 N–H and O–H groups in total. The molecule has 0 aliphatic carbocycles. The lowest BCUT2D eigenvalue weighted by atomic mass is 10.0. The number of carbonyl (C=O) groups excluding carboxylic acids is 4. The highest BCUT2D eigenvalue weighted by molar-refractivity contribution is 6.35. The van der Waals surface area contributed by atoms with Gasteiger partial charge in [-0.05, 0) is 36.8 Å². The van der Waals surface area contributed by atoms with Gasteiger partial charge in [0.15, 0.2) is 0 Å². The van der Waals surface area contributed by atoms with Crippen LogP contribution in [0.5, 0.6) is 0 Å². The normalized spacial score (nSPS) is 17.7. The summed E-state index contributed by atoms with van der Waals surface area (Å²) in [4.78, 5) is 55.0. The van der Waals surface area contributed by atoms with Gasteiger partial charge in [0.05, 0.1) is 34.5 Å². The van der Waals surface area contributed by atoms with Gasteiger partial charge in [0.25, 0.3) is 11.8 Å². The number of anilines is 1. The monoisotopic (exact) mass is 498 g/mol. The van der Waals surface area contributed by atoms with E-state index in [1.54, 1.807) is 30.3 Å². The van der Waals surface area contributed by atoms with Crippen molar-refractivity contribution in [3.8, 4) is 11.5 Å². The maximum atomic E-state index is 13.2. The fourth-order valence-corrected chi connectivity index (χ4v) is 4.39. The average Bonchev–Trinajstić information content (AvgIpc) is 3.38. The first-order valence-electron chi connectivity index (χ1n) is 10.3. The van der Waals surface area contributed by atoms with Crippen molar-refractivity contribution in [3.63, 3.8) is 0 Å². The maximum absolute atomic E-state index is 13.2. The Morgan fingerprint density at radius 1 is 1.09 bits per heavy atom. The lowest BCUT2D eigenvalue weighted by Crippen LogP contribution is -2.54. The van der Waals surface area contributed by atoms with Gasteiger partial charge < -0.3 is 9.73 Å². The first kappa shape index (κ1) is 22.1. The highest BCUT2D eigenvalue weighted by Crippen LogP contribution is 2.33. The molecule has 1 saturated heterocycles. The number of nitrogens with one attached hydrogen (secondary N) is 2. The number of halogens is 2. The molecule has 0 saturated carbocycles. The molecule has 3 aromatic rings. The van der Waals surface area contributed by atoms with Crippen LogP contribution in [0, 0.1) is 0 Å². The van der Waals surface area contributed by atoms with Gasteiger partial charge in [0.2, 0.25) is 17.7 Å². The Labute approximate surface area is 203 Å². The Hall–Kier alpha value is -3.69. The van der Waals surface area contributed by atoms with Crippen LogP contribution in [-0.2, 0) is 16.1 Å². The van der Waals surface area contributed by atoms with Crippen molar-refractivity contribution in [1.29, 1.82) is 0 Å². The van der Waals surface area contributed by atoms with Crippen LogP contribution in [0.3, 0.4) is 0 Å². The number of aromatic nitrogens is 1. The molecule has 3 heterocycles. The van der Waals surface area contributed by atoms with Gasteiger partial charge in [-0.1, -0.05) is 29.3 Å². The molecular weight excluding hydrogens is 483 g/mol. The van der Waals surface area contributed by atoms with Gasteiger partial charge in [-0.2, -0.15) is 0 Å². The van der Waals surface area contributed by atoms with E-state index in [1.807, 2.05) is 0 Å². The van der Waals surface area contributed by atoms with E-state index < -0.39 is 29.7 Å². The second-order valence-corrected chi connectivity index (χ2v) is 8.63. The highest BCUT2D eigenvalue weighted by Gasteiger charge is 2.45. The predicted octanol–water partition coefficient (Wildman–Crippen LogP) is 3.66. The minimum absolute atomic E-state index is 0.0549. The molecule has 5 rings (SSSR count). The number of nitrogens with zero attached hydrogens (tertiary/aromatic N) is 2. The molecule has 0 radical (unpaired) electrons. The molecule has 1 aromatic heterocycles. The van der Waals surface area contributed by atoms with Crippen LogP contribution in [0.4, 0.5) is 5.69 Å².